The fraction of sp³-hybridized carbons (Fsp3) is 0.455. The first-order chi connectivity index (χ1) is 9.21. The van der Waals surface area contributed by atoms with Gasteiger partial charge in [-0.05, 0) is 19.1 Å². The SMILES string of the molecule is CNc1cccc(S(=O)(=O)N(C)CC(C)O)c1[N+](=O)[O-]. The van der Waals surface area contributed by atoms with Crippen LogP contribution in [-0.4, -0.2) is 49.5 Å². The largest absolute Gasteiger partial charge is 0.392 e. The van der Waals surface area contributed by atoms with Crippen LogP contribution in [0.3, 0.4) is 0 Å². The first kappa shape index (κ1) is 16.3. The van der Waals surface area contributed by atoms with E-state index in [2.05, 4.69) is 5.32 Å². The molecule has 0 saturated carbocycles. The van der Waals surface area contributed by atoms with Crippen molar-refractivity contribution in [1.29, 1.82) is 0 Å². The van der Waals surface area contributed by atoms with Gasteiger partial charge in [-0.3, -0.25) is 10.1 Å². The summed E-state index contributed by atoms with van der Waals surface area (Å²) in [5.74, 6) is 0. The third kappa shape index (κ3) is 3.24. The molecule has 9 heteroatoms. The number of benzene rings is 1. The van der Waals surface area contributed by atoms with Crippen molar-refractivity contribution in [2.45, 2.75) is 17.9 Å². The van der Waals surface area contributed by atoms with Crippen LogP contribution >= 0.6 is 0 Å². The summed E-state index contributed by atoms with van der Waals surface area (Å²) in [6, 6.07) is 4.01. The number of hydrogen-bond acceptors (Lipinski definition) is 6. The van der Waals surface area contributed by atoms with Crippen LogP contribution in [0.1, 0.15) is 6.92 Å². The van der Waals surface area contributed by atoms with Crippen molar-refractivity contribution in [3.8, 4) is 0 Å². The number of hydrogen-bond donors (Lipinski definition) is 2. The van der Waals surface area contributed by atoms with Gasteiger partial charge in [0.05, 0.1) is 11.0 Å². The zero-order valence-electron chi connectivity index (χ0n) is 11.4. The quantitative estimate of drug-likeness (QED) is 0.589. The Kier molecular flexibility index (Phi) is 5.03. The van der Waals surface area contributed by atoms with Gasteiger partial charge in [0.15, 0.2) is 4.90 Å². The fourth-order valence-electron chi connectivity index (χ4n) is 1.76. The summed E-state index contributed by atoms with van der Waals surface area (Å²) in [5.41, 5.74) is -0.394. The van der Waals surface area contributed by atoms with Crippen LogP contribution in [0.25, 0.3) is 0 Å². The van der Waals surface area contributed by atoms with Gasteiger partial charge >= 0.3 is 5.69 Å². The van der Waals surface area contributed by atoms with Gasteiger partial charge in [0.1, 0.15) is 5.69 Å². The van der Waals surface area contributed by atoms with E-state index in [9.17, 15) is 23.6 Å². The summed E-state index contributed by atoms with van der Waals surface area (Å²) >= 11 is 0. The molecule has 0 heterocycles. The highest BCUT2D eigenvalue weighted by molar-refractivity contribution is 7.89. The van der Waals surface area contributed by atoms with Gasteiger partial charge in [0.2, 0.25) is 10.0 Å². The lowest BCUT2D eigenvalue weighted by Gasteiger charge is -2.19. The van der Waals surface area contributed by atoms with E-state index in [1.807, 2.05) is 0 Å². The second kappa shape index (κ2) is 6.16. The van der Waals surface area contributed by atoms with Crippen molar-refractivity contribution in [2.75, 3.05) is 26.0 Å². The fourth-order valence-corrected chi connectivity index (χ4v) is 3.19. The van der Waals surface area contributed by atoms with E-state index in [1.54, 1.807) is 0 Å². The molecule has 112 valence electrons. The molecule has 0 aliphatic carbocycles. The Balaban J connectivity index is 3.42. The van der Waals surface area contributed by atoms with Crippen LogP contribution < -0.4 is 5.32 Å². The number of nitrogens with zero attached hydrogens (tertiary/aromatic N) is 2. The lowest BCUT2D eigenvalue weighted by Crippen LogP contribution is -2.33. The van der Waals surface area contributed by atoms with Crippen molar-refractivity contribution in [2.24, 2.45) is 0 Å². The zero-order valence-corrected chi connectivity index (χ0v) is 12.2. The van der Waals surface area contributed by atoms with Crippen molar-refractivity contribution in [3.63, 3.8) is 0 Å². The van der Waals surface area contributed by atoms with E-state index in [0.29, 0.717) is 0 Å². The second-order valence-corrected chi connectivity index (χ2v) is 6.31. The van der Waals surface area contributed by atoms with E-state index in [-0.39, 0.29) is 12.2 Å². The second-order valence-electron chi connectivity index (χ2n) is 4.29. The van der Waals surface area contributed by atoms with Gasteiger partial charge in [-0.15, -0.1) is 0 Å². The summed E-state index contributed by atoms with van der Waals surface area (Å²) in [6.45, 7) is 1.29. The molecule has 0 amide bonds. The molecule has 2 N–H and O–H groups in total. The molecule has 1 aromatic carbocycles. The highest BCUT2D eigenvalue weighted by atomic mass is 32.2. The van der Waals surface area contributed by atoms with Gasteiger partial charge in [0.25, 0.3) is 0 Å². The maximum absolute atomic E-state index is 12.3. The summed E-state index contributed by atoms with van der Waals surface area (Å²) in [6.07, 6.45) is -0.874. The molecule has 1 unspecified atom stereocenters. The number of aliphatic hydroxyl groups is 1. The molecular weight excluding hydrogens is 286 g/mol. The molecule has 1 aromatic rings. The average molecular weight is 303 g/mol. The number of nitrogens with one attached hydrogen (secondary N) is 1. The number of anilines is 1. The van der Waals surface area contributed by atoms with Gasteiger partial charge in [-0.1, -0.05) is 6.07 Å². The molecule has 0 bridgehead atoms. The minimum atomic E-state index is -4.05. The lowest BCUT2D eigenvalue weighted by molar-refractivity contribution is -0.386. The Morgan fingerprint density at radius 2 is 2.10 bits per heavy atom. The van der Waals surface area contributed by atoms with Crippen molar-refractivity contribution in [3.05, 3.63) is 28.3 Å². The molecule has 0 aromatic heterocycles. The maximum Gasteiger partial charge on any atom is 0.312 e. The van der Waals surface area contributed by atoms with Gasteiger partial charge < -0.3 is 10.4 Å². The summed E-state index contributed by atoms with van der Waals surface area (Å²) in [7, 11) is -1.32. The summed E-state index contributed by atoms with van der Waals surface area (Å²) in [5, 5.41) is 23.0. The van der Waals surface area contributed by atoms with Crippen molar-refractivity contribution < 1.29 is 18.4 Å². The van der Waals surface area contributed by atoms with Crippen LogP contribution in [0.15, 0.2) is 23.1 Å². The Labute approximate surface area is 117 Å². The van der Waals surface area contributed by atoms with E-state index in [1.165, 1.54) is 39.2 Å². The normalized spacial score (nSPS) is 13.2. The molecule has 0 aliphatic heterocycles. The minimum Gasteiger partial charge on any atom is -0.392 e. The van der Waals surface area contributed by atoms with Crippen LogP contribution in [0.5, 0.6) is 0 Å². The van der Waals surface area contributed by atoms with E-state index in [4.69, 9.17) is 0 Å². The third-order valence-electron chi connectivity index (χ3n) is 2.66. The summed E-state index contributed by atoms with van der Waals surface area (Å²) in [4.78, 5) is 9.98. The maximum atomic E-state index is 12.3. The molecule has 0 fully saturated rings. The monoisotopic (exact) mass is 303 g/mol. The molecule has 0 spiro atoms. The van der Waals surface area contributed by atoms with Crippen LogP contribution in [0.4, 0.5) is 11.4 Å². The zero-order chi connectivity index (χ0) is 15.5. The molecule has 0 saturated heterocycles. The van der Waals surface area contributed by atoms with Crippen LogP contribution in [-0.2, 0) is 10.0 Å². The standard InChI is InChI=1S/C11H17N3O5S/c1-8(15)7-13(3)20(18,19)10-6-4-5-9(12-2)11(10)14(16)17/h4-6,8,12,15H,7H2,1-3H3. The van der Waals surface area contributed by atoms with Crippen LogP contribution in [0.2, 0.25) is 0 Å². The molecule has 0 radical (unpaired) electrons. The molecule has 1 rings (SSSR count). The smallest absolute Gasteiger partial charge is 0.312 e. The van der Waals surface area contributed by atoms with E-state index >= 15 is 0 Å². The topological polar surface area (TPSA) is 113 Å². The molecular formula is C11H17N3O5S. The first-order valence-corrected chi connectivity index (χ1v) is 7.25. The molecule has 1 atom stereocenters. The molecule has 20 heavy (non-hydrogen) atoms. The number of nitro benzene ring substituents is 1. The number of aliphatic hydroxyl groups excluding tert-OH is 1. The van der Waals surface area contributed by atoms with Gasteiger partial charge in [-0.25, -0.2) is 8.42 Å². The van der Waals surface area contributed by atoms with Crippen molar-refractivity contribution >= 4 is 21.4 Å². The Hall–Kier alpha value is -1.71. The minimum absolute atomic E-state index is 0.113. The molecule has 8 nitrogen and oxygen atoms in total. The Morgan fingerprint density at radius 3 is 2.55 bits per heavy atom. The number of likely N-dealkylation sites (N-methyl/N-ethyl adjacent to an activating group) is 1. The highest BCUT2D eigenvalue weighted by Crippen LogP contribution is 2.33. The first-order valence-electron chi connectivity index (χ1n) is 5.81. The lowest BCUT2D eigenvalue weighted by atomic mass is 10.3. The Morgan fingerprint density at radius 1 is 1.50 bits per heavy atom. The van der Waals surface area contributed by atoms with Gasteiger partial charge in [0, 0.05) is 20.6 Å². The van der Waals surface area contributed by atoms with E-state index < -0.39 is 31.6 Å². The number of para-hydroxylation sites is 1. The third-order valence-corrected chi connectivity index (χ3v) is 4.52. The average Bonchev–Trinajstić information content (AvgIpc) is 2.36. The summed E-state index contributed by atoms with van der Waals surface area (Å²) < 4.78 is 25.6. The van der Waals surface area contributed by atoms with Gasteiger partial charge in [-0.2, -0.15) is 4.31 Å². The van der Waals surface area contributed by atoms with E-state index in [0.717, 1.165) is 4.31 Å². The predicted octanol–water partition coefficient (Wildman–Crippen LogP) is 0.638. The molecule has 0 aliphatic rings. The van der Waals surface area contributed by atoms with Crippen molar-refractivity contribution in [1.82, 2.24) is 4.31 Å². The number of rotatable bonds is 6. The number of nitro groups is 1. The predicted molar refractivity (Wildman–Crippen MR) is 74.1 cm³/mol. The van der Waals surface area contributed by atoms with Crippen LogP contribution in [0, 0.1) is 10.1 Å². The highest BCUT2D eigenvalue weighted by Gasteiger charge is 2.32. The number of sulfonamides is 1. The Bertz CT molecular complexity index is 600.